The Morgan fingerprint density at radius 2 is 0.697 bits per heavy atom. The summed E-state index contributed by atoms with van der Waals surface area (Å²) in [6.07, 6.45) is -1.40. The number of benzene rings is 3. The fourth-order valence-electron chi connectivity index (χ4n) is 8.01. The highest BCUT2D eigenvalue weighted by Gasteiger charge is 2.30. The van der Waals surface area contributed by atoms with Gasteiger partial charge in [-0.25, -0.2) is 9.59 Å². The number of nitrogens with one attached hydrogen (secondary N) is 3. The van der Waals surface area contributed by atoms with Crippen LogP contribution in [0.3, 0.4) is 0 Å². The molecule has 0 saturated carbocycles. The molecule has 3 atom stereocenters. The van der Waals surface area contributed by atoms with Gasteiger partial charge in [0.1, 0.15) is 51.8 Å². The van der Waals surface area contributed by atoms with Crippen molar-refractivity contribution >= 4 is 24.0 Å². The van der Waals surface area contributed by atoms with E-state index in [1.54, 1.807) is 86.3 Å². The molecule has 4 aliphatic heterocycles. The molecule has 3 aromatic carbocycles. The fraction of sp³-hybridized carbons (Fsp3) is 0.607. The van der Waals surface area contributed by atoms with E-state index in [1.807, 2.05) is 82.8 Å². The molecule has 4 heterocycles. The number of ether oxygens (including phenoxy) is 8. The van der Waals surface area contributed by atoms with E-state index in [-0.39, 0.29) is 35.7 Å². The van der Waals surface area contributed by atoms with Crippen molar-refractivity contribution in [1.82, 2.24) is 40.4 Å². The summed E-state index contributed by atoms with van der Waals surface area (Å²) in [5.74, 6) is 4.50. The molecule has 3 N–H and O–H groups in total. The van der Waals surface area contributed by atoms with Gasteiger partial charge in [-0.05, 0) is 135 Å². The lowest BCUT2D eigenvalue weighted by Gasteiger charge is -2.36. The summed E-state index contributed by atoms with van der Waals surface area (Å²) >= 11 is 0. The van der Waals surface area contributed by atoms with E-state index in [1.165, 1.54) is 0 Å². The van der Waals surface area contributed by atoms with E-state index in [9.17, 15) is 19.2 Å². The number of piperazine rings is 4. The number of rotatable bonds is 13. The van der Waals surface area contributed by atoms with Crippen molar-refractivity contribution in [2.24, 2.45) is 0 Å². The van der Waals surface area contributed by atoms with Crippen LogP contribution < -0.4 is 44.4 Å². The summed E-state index contributed by atoms with van der Waals surface area (Å²) in [6.45, 7) is 30.4. The zero-order valence-electron chi connectivity index (χ0n) is 47.3. The Bertz CT molecular complexity index is 2150. The van der Waals surface area contributed by atoms with Gasteiger partial charge in [-0.1, -0.05) is 0 Å². The highest BCUT2D eigenvalue weighted by Crippen LogP contribution is 2.22. The lowest BCUT2D eigenvalue weighted by molar-refractivity contribution is -0.139. The highest BCUT2D eigenvalue weighted by atomic mass is 16.6. The molecule has 0 aromatic heterocycles. The van der Waals surface area contributed by atoms with Crippen LogP contribution in [0.25, 0.3) is 0 Å². The summed E-state index contributed by atoms with van der Waals surface area (Å²) in [5.41, 5.74) is -0.910. The van der Waals surface area contributed by atoms with Gasteiger partial charge in [0.15, 0.2) is 12.2 Å². The molecule has 7 rings (SSSR count). The number of amides is 4. The average molecular weight is 1070 g/mol. The SMILES string of the molecule is CC(C)(C)OC(=O)N1CCNCC1.COc1ccc(OC(C)C(=O)N2CCN(C(=O)OC(C)(C)C)CC2)cc1.COc1ccc(OC(C)C(=O)N2CCNCC2)cc1.COc1ccc(OC(C)CN2CCNCC2)cc1. The third-order valence-corrected chi connectivity index (χ3v) is 12.0. The molecule has 3 aromatic rings. The van der Waals surface area contributed by atoms with E-state index < -0.39 is 17.8 Å². The van der Waals surface area contributed by atoms with Crippen LogP contribution in [0.15, 0.2) is 72.8 Å². The maximum absolute atomic E-state index is 12.6. The Labute approximate surface area is 451 Å². The first-order valence-corrected chi connectivity index (χ1v) is 26.5. The molecular formula is C56H88N8O12. The second kappa shape index (κ2) is 31.7. The van der Waals surface area contributed by atoms with E-state index >= 15 is 0 Å². The Morgan fingerprint density at radius 1 is 0.421 bits per heavy atom. The topological polar surface area (TPSA) is 194 Å². The molecule has 0 radical (unpaired) electrons. The highest BCUT2D eigenvalue weighted by molar-refractivity contribution is 5.81. The molecule has 4 fully saturated rings. The molecule has 424 valence electrons. The third kappa shape index (κ3) is 23.3. The van der Waals surface area contributed by atoms with Gasteiger partial charge in [0.05, 0.1) is 21.3 Å². The van der Waals surface area contributed by atoms with E-state index in [0.29, 0.717) is 37.7 Å². The summed E-state index contributed by atoms with van der Waals surface area (Å²) in [5, 5.41) is 9.76. The summed E-state index contributed by atoms with van der Waals surface area (Å²) < 4.78 is 43.2. The van der Waals surface area contributed by atoms with Crippen molar-refractivity contribution in [3.63, 3.8) is 0 Å². The zero-order chi connectivity index (χ0) is 55.7. The van der Waals surface area contributed by atoms with Gasteiger partial charge in [-0.3, -0.25) is 14.5 Å². The average Bonchev–Trinajstić information content (AvgIpc) is 3.41. The minimum atomic E-state index is -0.600. The minimum Gasteiger partial charge on any atom is -0.497 e. The third-order valence-electron chi connectivity index (χ3n) is 12.0. The lowest BCUT2D eigenvalue weighted by Crippen LogP contribution is -2.53. The molecule has 4 saturated heterocycles. The molecule has 0 bridgehead atoms. The Kier molecular flexibility index (Phi) is 26.0. The fourth-order valence-corrected chi connectivity index (χ4v) is 8.01. The van der Waals surface area contributed by atoms with Gasteiger partial charge in [-0.15, -0.1) is 0 Å². The van der Waals surface area contributed by atoms with Crippen molar-refractivity contribution in [3.8, 4) is 34.5 Å². The maximum atomic E-state index is 12.6. The molecule has 3 unspecified atom stereocenters. The number of methoxy groups -OCH3 is 3. The van der Waals surface area contributed by atoms with Gasteiger partial charge in [0, 0.05) is 111 Å². The molecule has 4 aliphatic rings. The van der Waals surface area contributed by atoms with Crippen LogP contribution in [0.4, 0.5) is 9.59 Å². The van der Waals surface area contributed by atoms with Crippen molar-refractivity contribution in [3.05, 3.63) is 72.8 Å². The Morgan fingerprint density at radius 3 is 1.04 bits per heavy atom. The molecule has 76 heavy (non-hydrogen) atoms. The predicted molar refractivity (Wildman–Crippen MR) is 293 cm³/mol. The van der Waals surface area contributed by atoms with E-state index in [0.717, 1.165) is 108 Å². The minimum absolute atomic E-state index is 0.0392. The quantitative estimate of drug-likeness (QED) is 0.191. The van der Waals surface area contributed by atoms with Crippen molar-refractivity contribution in [1.29, 1.82) is 0 Å². The van der Waals surface area contributed by atoms with Crippen LogP contribution in [0.2, 0.25) is 0 Å². The zero-order valence-corrected chi connectivity index (χ0v) is 47.3. The van der Waals surface area contributed by atoms with Crippen LogP contribution in [0.1, 0.15) is 62.3 Å². The van der Waals surface area contributed by atoms with Gasteiger partial charge < -0.3 is 73.4 Å². The monoisotopic (exact) mass is 1060 g/mol. The molecule has 0 aliphatic carbocycles. The maximum Gasteiger partial charge on any atom is 0.410 e. The Balaban J connectivity index is 0.000000225. The number of hydrogen-bond acceptors (Lipinski definition) is 16. The van der Waals surface area contributed by atoms with Gasteiger partial charge in [0.25, 0.3) is 11.8 Å². The number of carbonyl (C=O) groups is 4. The van der Waals surface area contributed by atoms with E-state index in [2.05, 4.69) is 27.8 Å². The van der Waals surface area contributed by atoms with Crippen LogP contribution >= 0.6 is 0 Å². The van der Waals surface area contributed by atoms with Gasteiger partial charge in [0.2, 0.25) is 0 Å². The lowest BCUT2D eigenvalue weighted by atomic mass is 10.2. The van der Waals surface area contributed by atoms with Gasteiger partial charge >= 0.3 is 12.2 Å². The standard InChI is InChI=1S/C19H28N2O5.C14H20N2O3.C14H22N2O2.C9H18N2O2/c1-14(25-16-8-6-15(24-5)7-9-16)17(22)20-10-12-21(13-11-20)18(23)26-19(2,3)4;1-11(14(17)16-9-7-15-8-10-16)19-13-5-3-12(18-2)4-6-13;1-12(11-16-9-7-15-8-10-16)18-14-5-3-13(17-2)4-6-14;1-9(2,3)13-8(12)11-6-4-10-5-7-11/h6-9,14H,10-13H2,1-5H3;3-6,11,15H,7-10H2,1-2H3;3-6,12,15H,7-11H2,1-2H3;10H,4-7H2,1-3H3. The normalized spacial score (nSPS) is 17.2. The summed E-state index contributed by atoms with van der Waals surface area (Å²) in [6, 6.07) is 22.1. The smallest absolute Gasteiger partial charge is 0.410 e. The number of hydrogen-bond donors (Lipinski definition) is 3. The second-order valence-electron chi connectivity index (χ2n) is 20.6. The first kappa shape index (κ1) is 62.3. The second-order valence-corrected chi connectivity index (χ2v) is 20.6. The molecule has 20 heteroatoms. The van der Waals surface area contributed by atoms with E-state index in [4.69, 9.17) is 37.9 Å². The van der Waals surface area contributed by atoms with Crippen LogP contribution in [0.5, 0.6) is 34.5 Å². The molecular weight excluding hydrogens is 977 g/mol. The molecule has 0 spiro atoms. The Hall–Kier alpha value is -6.22. The first-order valence-electron chi connectivity index (χ1n) is 26.5. The molecule has 20 nitrogen and oxygen atoms in total. The number of nitrogens with zero attached hydrogens (tertiary/aromatic N) is 5. The predicted octanol–water partition coefficient (Wildman–Crippen LogP) is 5.63. The first-order chi connectivity index (χ1) is 36.2. The van der Waals surface area contributed by atoms with Crippen LogP contribution in [-0.4, -0.2) is 211 Å². The van der Waals surface area contributed by atoms with Crippen LogP contribution in [-0.2, 0) is 19.1 Å². The van der Waals surface area contributed by atoms with Gasteiger partial charge in [-0.2, -0.15) is 0 Å². The van der Waals surface area contributed by atoms with Crippen molar-refractivity contribution in [2.75, 3.05) is 133 Å². The van der Waals surface area contributed by atoms with Crippen molar-refractivity contribution < 1.29 is 57.1 Å². The van der Waals surface area contributed by atoms with Crippen LogP contribution in [0, 0.1) is 0 Å². The van der Waals surface area contributed by atoms with Crippen molar-refractivity contribution in [2.45, 2.75) is 91.8 Å². The number of carbonyl (C=O) groups excluding carboxylic acids is 4. The largest absolute Gasteiger partial charge is 0.497 e. The summed E-state index contributed by atoms with van der Waals surface area (Å²) in [7, 11) is 4.88. The molecule has 4 amide bonds. The summed E-state index contributed by atoms with van der Waals surface area (Å²) in [4.78, 5) is 57.7.